The Morgan fingerprint density at radius 3 is 1.94 bits per heavy atom. The number of rotatable bonds is 2. The maximum absolute atomic E-state index is 11.7. The number of hydrogen-bond acceptors (Lipinski definition) is 4. The Balaban J connectivity index is 2.43. The minimum absolute atomic E-state index is 0.470. The minimum Gasteiger partial charge on any atom is -0.452 e. The predicted molar refractivity (Wildman–Crippen MR) is 63.0 cm³/mol. The van der Waals surface area contributed by atoms with Gasteiger partial charge in [0.05, 0.1) is 7.11 Å². The molecule has 2 aromatic heterocycles. The van der Waals surface area contributed by atoms with E-state index in [1.165, 1.54) is 12.0 Å². The van der Waals surface area contributed by atoms with E-state index in [9.17, 15) is 4.79 Å². The molecule has 17 heavy (non-hydrogen) atoms. The molecule has 0 spiro atoms. The molecule has 0 N–H and O–H groups in total. The molecule has 2 rings (SSSR count). The molecule has 2 aromatic rings. The predicted octanol–water partition coefficient (Wildman–Crippen LogP) is 2.38. The van der Waals surface area contributed by atoms with Crippen LogP contribution in [0, 0.1) is 0 Å². The highest BCUT2D eigenvalue weighted by molar-refractivity contribution is 5.93. The number of amides is 1. The van der Waals surface area contributed by atoms with Gasteiger partial charge in [-0.15, -0.1) is 0 Å². The lowest BCUT2D eigenvalue weighted by molar-refractivity contribution is 0.181. The van der Waals surface area contributed by atoms with Gasteiger partial charge in [0.2, 0.25) is 0 Å². The lowest BCUT2D eigenvalue weighted by Gasteiger charge is -2.18. The van der Waals surface area contributed by atoms with Crippen LogP contribution in [0.1, 0.15) is 0 Å². The number of hydrogen-bond donors (Lipinski definition) is 0. The maximum Gasteiger partial charge on any atom is 0.421 e. The normalized spacial score (nSPS) is 9.71. The summed E-state index contributed by atoms with van der Waals surface area (Å²) in [6.45, 7) is 0. The summed E-state index contributed by atoms with van der Waals surface area (Å²) in [4.78, 5) is 21.3. The molecule has 0 saturated heterocycles. The van der Waals surface area contributed by atoms with Crippen molar-refractivity contribution in [2.45, 2.75) is 0 Å². The van der Waals surface area contributed by atoms with Crippen LogP contribution in [0.4, 0.5) is 16.4 Å². The Bertz CT molecular complexity index is 448. The summed E-state index contributed by atoms with van der Waals surface area (Å²) in [7, 11) is 1.32. The van der Waals surface area contributed by atoms with Crippen LogP contribution in [0.3, 0.4) is 0 Å². The van der Waals surface area contributed by atoms with Crippen molar-refractivity contribution in [1.29, 1.82) is 0 Å². The van der Waals surface area contributed by atoms with E-state index in [1.807, 2.05) is 0 Å². The number of ether oxygens (including phenoxy) is 1. The lowest BCUT2D eigenvalue weighted by Crippen LogP contribution is -2.27. The van der Waals surface area contributed by atoms with Gasteiger partial charge in [0, 0.05) is 12.4 Å². The largest absolute Gasteiger partial charge is 0.452 e. The maximum atomic E-state index is 11.7. The van der Waals surface area contributed by atoms with Gasteiger partial charge in [-0.25, -0.2) is 19.7 Å². The van der Waals surface area contributed by atoms with Gasteiger partial charge in [-0.05, 0) is 24.3 Å². The summed E-state index contributed by atoms with van der Waals surface area (Å²) < 4.78 is 4.73. The monoisotopic (exact) mass is 229 g/mol. The van der Waals surface area contributed by atoms with Crippen LogP contribution in [-0.4, -0.2) is 23.2 Å². The number of carbonyl (C=O) groups is 1. The highest BCUT2D eigenvalue weighted by Crippen LogP contribution is 2.21. The molecule has 0 aromatic carbocycles. The van der Waals surface area contributed by atoms with Gasteiger partial charge in [-0.2, -0.15) is 0 Å². The van der Waals surface area contributed by atoms with Crippen LogP contribution in [0.5, 0.6) is 0 Å². The average Bonchev–Trinajstić information content (AvgIpc) is 2.41. The Hall–Kier alpha value is -2.43. The van der Waals surface area contributed by atoms with Crippen LogP contribution < -0.4 is 4.90 Å². The zero-order chi connectivity index (χ0) is 12.1. The fourth-order valence-corrected chi connectivity index (χ4v) is 1.37. The van der Waals surface area contributed by atoms with E-state index >= 15 is 0 Å². The van der Waals surface area contributed by atoms with E-state index in [0.29, 0.717) is 11.6 Å². The first-order chi connectivity index (χ1) is 8.33. The third-order valence-electron chi connectivity index (χ3n) is 2.11. The van der Waals surface area contributed by atoms with Gasteiger partial charge in [-0.1, -0.05) is 12.1 Å². The molecule has 5 heteroatoms. The molecule has 0 radical (unpaired) electrons. The van der Waals surface area contributed by atoms with Crippen molar-refractivity contribution in [3.8, 4) is 0 Å². The summed E-state index contributed by atoms with van der Waals surface area (Å²) in [5.74, 6) is 0.941. The van der Waals surface area contributed by atoms with Crippen molar-refractivity contribution < 1.29 is 9.53 Å². The topological polar surface area (TPSA) is 55.3 Å². The highest BCUT2D eigenvalue weighted by atomic mass is 16.5. The summed E-state index contributed by atoms with van der Waals surface area (Å²) in [5, 5.41) is 0. The molecular weight excluding hydrogens is 218 g/mol. The first-order valence-corrected chi connectivity index (χ1v) is 5.03. The van der Waals surface area contributed by atoms with Gasteiger partial charge in [-0.3, -0.25) is 0 Å². The first-order valence-electron chi connectivity index (χ1n) is 5.03. The summed E-state index contributed by atoms with van der Waals surface area (Å²) in [6, 6.07) is 10.6. The molecule has 0 atom stereocenters. The van der Waals surface area contributed by atoms with Gasteiger partial charge in [0.15, 0.2) is 0 Å². The molecule has 0 unspecified atom stereocenters. The second-order valence-corrected chi connectivity index (χ2v) is 3.18. The van der Waals surface area contributed by atoms with E-state index in [-0.39, 0.29) is 0 Å². The number of aromatic nitrogens is 2. The Morgan fingerprint density at radius 2 is 1.59 bits per heavy atom. The second kappa shape index (κ2) is 5.07. The Labute approximate surface area is 98.7 Å². The van der Waals surface area contributed by atoms with Crippen LogP contribution in [-0.2, 0) is 4.74 Å². The van der Waals surface area contributed by atoms with Crippen LogP contribution >= 0.6 is 0 Å². The van der Waals surface area contributed by atoms with Crippen molar-refractivity contribution >= 4 is 17.7 Å². The molecule has 1 amide bonds. The molecule has 0 saturated carbocycles. The van der Waals surface area contributed by atoms with Crippen molar-refractivity contribution in [1.82, 2.24) is 9.97 Å². The van der Waals surface area contributed by atoms with E-state index in [2.05, 4.69) is 9.97 Å². The highest BCUT2D eigenvalue weighted by Gasteiger charge is 2.20. The number of carbonyl (C=O) groups excluding carboxylic acids is 1. The first kappa shape index (κ1) is 11.1. The smallest absolute Gasteiger partial charge is 0.421 e. The fourth-order valence-electron chi connectivity index (χ4n) is 1.37. The van der Waals surface area contributed by atoms with Crippen molar-refractivity contribution in [3.63, 3.8) is 0 Å². The number of pyridine rings is 2. The quantitative estimate of drug-likeness (QED) is 0.793. The van der Waals surface area contributed by atoms with Crippen molar-refractivity contribution in [3.05, 3.63) is 48.8 Å². The van der Waals surface area contributed by atoms with Crippen molar-refractivity contribution in [2.24, 2.45) is 0 Å². The Morgan fingerprint density at radius 1 is 1.06 bits per heavy atom. The van der Waals surface area contributed by atoms with Crippen molar-refractivity contribution in [2.75, 3.05) is 12.0 Å². The third kappa shape index (κ3) is 2.39. The summed E-state index contributed by atoms with van der Waals surface area (Å²) >= 11 is 0. The third-order valence-corrected chi connectivity index (χ3v) is 2.11. The van der Waals surface area contributed by atoms with E-state index in [1.54, 1.807) is 48.8 Å². The van der Waals surface area contributed by atoms with Crippen LogP contribution in [0.2, 0.25) is 0 Å². The second-order valence-electron chi connectivity index (χ2n) is 3.18. The van der Waals surface area contributed by atoms with E-state index in [0.717, 1.165) is 0 Å². The number of methoxy groups -OCH3 is 1. The zero-order valence-corrected chi connectivity index (χ0v) is 9.28. The lowest BCUT2D eigenvalue weighted by atomic mass is 10.4. The number of anilines is 2. The molecule has 0 aliphatic heterocycles. The molecule has 0 bridgehead atoms. The van der Waals surface area contributed by atoms with Crippen LogP contribution in [0.25, 0.3) is 0 Å². The average molecular weight is 229 g/mol. The van der Waals surface area contributed by atoms with Crippen LogP contribution in [0.15, 0.2) is 48.8 Å². The standard InChI is InChI=1S/C12H11N3O2/c1-17-12(16)15(10-6-2-4-8-13-10)11-7-3-5-9-14-11/h2-9H,1H3. The van der Waals surface area contributed by atoms with Gasteiger partial charge >= 0.3 is 6.09 Å². The summed E-state index contributed by atoms with van der Waals surface area (Å²) in [5.41, 5.74) is 0. The molecule has 5 nitrogen and oxygen atoms in total. The fraction of sp³-hybridized carbons (Fsp3) is 0.0833. The molecule has 0 aliphatic rings. The Kier molecular flexibility index (Phi) is 3.30. The zero-order valence-electron chi connectivity index (χ0n) is 9.28. The molecule has 86 valence electrons. The van der Waals surface area contributed by atoms with E-state index in [4.69, 9.17) is 4.74 Å². The molecule has 0 aliphatic carbocycles. The molecule has 2 heterocycles. The number of nitrogens with zero attached hydrogens (tertiary/aromatic N) is 3. The SMILES string of the molecule is COC(=O)N(c1ccccn1)c1ccccn1. The van der Waals surface area contributed by atoms with E-state index < -0.39 is 6.09 Å². The van der Waals surface area contributed by atoms with Gasteiger partial charge < -0.3 is 4.74 Å². The van der Waals surface area contributed by atoms with Gasteiger partial charge in [0.1, 0.15) is 11.6 Å². The molecular formula is C12H11N3O2. The summed E-state index contributed by atoms with van der Waals surface area (Å²) in [6.07, 6.45) is 2.69. The minimum atomic E-state index is -0.526. The van der Waals surface area contributed by atoms with Gasteiger partial charge in [0.25, 0.3) is 0 Å². The molecule has 0 fully saturated rings.